The van der Waals surface area contributed by atoms with Crippen LogP contribution in [-0.4, -0.2) is 34.7 Å². The normalized spacial score (nSPS) is 13.5. The first-order chi connectivity index (χ1) is 16.0. The molecule has 0 saturated carbocycles. The summed E-state index contributed by atoms with van der Waals surface area (Å²) < 4.78 is 0. The fourth-order valence-corrected chi connectivity index (χ4v) is 3.99. The lowest BCUT2D eigenvalue weighted by molar-refractivity contribution is -0.384. The van der Waals surface area contributed by atoms with Gasteiger partial charge in [-0.2, -0.15) is 0 Å². The molecule has 0 bridgehead atoms. The zero-order valence-corrected chi connectivity index (χ0v) is 18.2. The van der Waals surface area contributed by atoms with Crippen LogP contribution in [0.1, 0.15) is 18.1 Å². The van der Waals surface area contributed by atoms with Gasteiger partial charge in [0.05, 0.1) is 10.5 Å². The standard InChI is InChI=1S/C26H23N3O4/c1-2-27(21-11-7-4-8-12-21)24-23(20-13-15-22(16-14-20)29(32)33)25(30)28(26(24)31)18-17-19-9-5-3-6-10-19/h3-16H,2,17-18H2,1H3. The van der Waals surface area contributed by atoms with E-state index in [-0.39, 0.29) is 29.4 Å². The smallest absolute Gasteiger partial charge is 0.278 e. The van der Waals surface area contributed by atoms with Gasteiger partial charge in [-0.3, -0.25) is 24.6 Å². The van der Waals surface area contributed by atoms with E-state index in [2.05, 4.69) is 0 Å². The molecule has 0 fully saturated rings. The van der Waals surface area contributed by atoms with Gasteiger partial charge in [0.1, 0.15) is 5.70 Å². The monoisotopic (exact) mass is 441 g/mol. The summed E-state index contributed by atoms with van der Waals surface area (Å²) in [5, 5.41) is 11.1. The lowest BCUT2D eigenvalue weighted by Gasteiger charge is -2.25. The summed E-state index contributed by atoms with van der Waals surface area (Å²) in [5.41, 5.74) is 2.77. The third kappa shape index (κ3) is 4.39. The first-order valence-corrected chi connectivity index (χ1v) is 10.7. The number of imide groups is 1. The number of carbonyl (C=O) groups excluding carboxylic acids is 2. The van der Waals surface area contributed by atoms with E-state index in [0.29, 0.717) is 18.5 Å². The van der Waals surface area contributed by atoms with Gasteiger partial charge in [0.15, 0.2) is 0 Å². The fraction of sp³-hybridized carbons (Fsp3) is 0.154. The molecule has 3 aromatic carbocycles. The van der Waals surface area contributed by atoms with E-state index in [1.165, 1.54) is 29.2 Å². The van der Waals surface area contributed by atoms with Crippen molar-refractivity contribution in [1.29, 1.82) is 0 Å². The molecule has 2 amide bonds. The molecule has 33 heavy (non-hydrogen) atoms. The Balaban J connectivity index is 1.76. The lowest BCUT2D eigenvalue weighted by atomic mass is 10.0. The van der Waals surface area contributed by atoms with Gasteiger partial charge in [0.25, 0.3) is 17.5 Å². The van der Waals surface area contributed by atoms with Gasteiger partial charge in [0.2, 0.25) is 0 Å². The average molecular weight is 441 g/mol. The van der Waals surface area contributed by atoms with Gasteiger partial charge in [0, 0.05) is 30.9 Å². The van der Waals surface area contributed by atoms with E-state index in [0.717, 1.165) is 11.3 Å². The summed E-state index contributed by atoms with van der Waals surface area (Å²) in [6.45, 7) is 2.63. The minimum absolute atomic E-state index is 0.0750. The third-order valence-electron chi connectivity index (χ3n) is 5.63. The maximum absolute atomic E-state index is 13.6. The Kier molecular flexibility index (Phi) is 6.31. The number of nitro benzene ring substituents is 1. The summed E-state index contributed by atoms with van der Waals surface area (Å²) >= 11 is 0. The van der Waals surface area contributed by atoms with Crippen molar-refractivity contribution in [2.24, 2.45) is 0 Å². The highest BCUT2D eigenvalue weighted by Gasteiger charge is 2.41. The van der Waals surface area contributed by atoms with E-state index in [9.17, 15) is 19.7 Å². The maximum atomic E-state index is 13.6. The summed E-state index contributed by atoms with van der Waals surface area (Å²) in [7, 11) is 0. The SMILES string of the molecule is CCN(C1=C(c2ccc([N+](=O)[O-])cc2)C(=O)N(CCc2ccccc2)C1=O)c1ccccc1. The number of rotatable bonds is 8. The van der Waals surface area contributed by atoms with Crippen LogP contribution in [0.25, 0.3) is 5.57 Å². The molecule has 7 nitrogen and oxygen atoms in total. The molecule has 7 heteroatoms. The second kappa shape index (κ2) is 9.48. The zero-order valence-electron chi connectivity index (χ0n) is 18.2. The van der Waals surface area contributed by atoms with Gasteiger partial charge in [-0.1, -0.05) is 48.5 Å². The van der Waals surface area contributed by atoms with Crippen LogP contribution in [0.2, 0.25) is 0 Å². The van der Waals surface area contributed by atoms with Crippen molar-refractivity contribution >= 4 is 28.8 Å². The van der Waals surface area contributed by atoms with Crippen LogP contribution >= 0.6 is 0 Å². The summed E-state index contributed by atoms with van der Waals surface area (Å²) in [5.74, 6) is -0.760. The second-order valence-corrected chi connectivity index (χ2v) is 7.60. The molecule has 0 aliphatic carbocycles. The minimum Gasteiger partial charge on any atom is -0.337 e. The molecule has 166 valence electrons. The number of non-ortho nitro benzene ring substituents is 1. The summed E-state index contributed by atoms with van der Waals surface area (Å²) in [6.07, 6.45) is 0.538. The second-order valence-electron chi connectivity index (χ2n) is 7.60. The van der Waals surface area contributed by atoms with E-state index >= 15 is 0 Å². The molecule has 0 radical (unpaired) electrons. The molecule has 0 spiro atoms. The average Bonchev–Trinajstić information content (AvgIpc) is 3.09. The van der Waals surface area contributed by atoms with Crippen molar-refractivity contribution in [1.82, 2.24) is 4.90 Å². The number of anilines is 1. The highest BCUT2D eigenvalue weighted by Crippen LogP contribution is 2.34. The first-order valence-electron chi connectivity index (χ1n) is 10.7. The Morgan fingerprint density at radius 3 is 2.03 bits per heavy atom. The summed E-state index contributed by atoms with van der Waals surface area (Å²) in [4.78, 5) is 40.8. The van der Waals surface area contributed by atoms with Crippen LogP contribution in [0.3, 0.4) is 0 Å². The van der Waals surface area contributed by atoms with Crippen molar-refractivity contribution in [3.05, 3.63) is 112 Å². The third-order valence-corrected chi connectivity index (χ3v) is 5.63. The molecule has 0 aromatic heterocycles. The highest BCUT2D eigenvalue weighted by atomic mass is 16.6. The topological polar surface area (TPSA) is 83.8 Å². The van der Waals surface area contributed by atoms with E-state index < -0.39 is 10.8 Å². The van der Waals surface area contributed by atoms with Crippen LogP contribution in [-0.2, 0) is 16.0 Å². The number of amides is 2. The molecule has 1 heterocycles. The molecule has 1 aliphatic heterocycles. The molecule has 0 unspecified atom stereocenters. The number of likely N-dealkylation sites (N-methyl/N-ethyl adjacent to an activating group) is 1. The van der Waals surface area contributed by atoms with Crippen molar-refractivity contribution in [2.75, 3.05) is 18.0 Å². The van der Waals surface area contributed by atoms with Crippen LogP contribution in [0.15, 0.2) is 90.6 Å². The number of nitro groups is 1. The molecular formula is C26H23N3O4. The van der Waals surface area contributed by atoms with Gasteiger partial charge >= 0.3 is 0 Å². The minimum atomic E-state index is -0.491. The zero-order chi connectivity index (χ0) is 23.4. The molecule has 3 aromatic rings. The Bertz CT molecular complexity index is 1210. The van der Waals surface area contributed by atoms with Crippen molar-refractivity contribution < 1.29 is 14.5 Å². The van der Waals surface area contributed by atoms with Gasteiger partial charge in [-0.05, 0) is 48.7 Å². The van der Waals surface area contributed by atoms with Crippen LogP contribution in [0.4, 0.5) is 11.4 Å². The van der Waals surface area contributed by atoms with E-state index in [1.54, 1.807) is 0 Å². The number of hydrogen-bond donors (Lipinski definition) is 0. The Morgan fingerprint density at radius 1 is 0.848 bits per heavy atom. The molecular weight excluding hydrogens is 418 g/mol. The summed E-state index contributed by atoms with van der Waals surface area (Å²) in [6, 6.07) is 24.8. The number of para-hydroxylation sites is 1. The van der Waals surface area contributed by atoms with Crippen LogP contribution in [0.5, 0.6) is 0 Å². The molecule has 4 rings (SSSR count). The van der Waals surface area contributed by atoms with Crippen LogP contribution < -0.4 is 4.90 Å². The fourth-order valence-electron chi connectivity index (χ4n) is 3.99. The maximum Gasteiger partial charge on any atom is 0.278 e. The van der Waals surface area contributed by atoms with Gasteiger partial charge in [-0.15, -0.1) is 0 Å². The Hall–Kier alpha value is -4.26. The largest absolute Gasteiger partial charge is 0.337 e. The number of hydrogen-bond acceptors (Lipinski definition) is 5. The van der Waals surface area contributed by atoms with Crippen molar-refractivity contribution in [2.45, 2.75) is 13.3 Å². The highest BCUT2D eigenvalue weighted by molar-refractivity contribution is 6.36. The van der Waals surface area contributed by atoms with E-state index in [4.69, 9.17) is 0 Å². The van der Waals surface area contributed by atoms with E-state index in [1.807, 2.05) is 72.5 Å². The number of benzene rings is 3. The molecule has 0 N–H and O–H groups in total. The molecule has 0 saturated heterocycles. The van der Waals surface area contributed by atoms with Crippen molar-refractivity contribution in [3.63, 3.8) is 0 Å². The van der Waals surface area contributed by atoms with Crippen LogP contribution in [0, 0.1) is 10.1 Å². The Morgan fingerprint density at radius 2 is 1.45 bits per heavy atom. The number of nitrogens with zero attached hydrogens (tertiary/aromatic N) is 3. The van der Waals surface area contributed by atoms with Crippen molar-refractivity contribution in [3.8, 4) is 0 Å². The predicted octanol–water partition coefficient (Wildman–Crippen LogP) is 4.44. The molecule has 1 aliphatic rings. The first kappa shape index (κ1) is 22.0. The molecule has 0 atom stereocenters. The number of carbonyl (C=O) groups is 2. The van der Waals surface area contributed by atoms with Gasteiger partial charge in [-0.25, -0.2) is 0 Å². The quantitative estimate of drug-likeness (QED) is 0.293. The predicted molar refractivity (Wildman–Crippen MR) is 126 cm³/mol. The lowest BCUT2D eigenvalue weighted by Crippen LogP contribution is -2.36. The van der Waals surface area contributed by atoms with Gasteiger partial charge < -0.3 is 4.90 Å². The Labute approximate surface area is 191 Å².